The molecule has 7 nitrogen and oxygen atoms in total. The predicted octanol–water partition coefficient (Wildman–Crippen LogP) is 0.197. The van der Waals surface area contributed by atoms with Gasteiger partial charge in [-0.2, -0.15) is 0 Å². The molecule has 0 aliphatic carbocycles. The lowest BCUT2D eigenvalue weighted by molar-refractivity contribution is -0.124. The molecule has 0 saturated heterocycles. The fourth-order valence-electron chi connectivity index (χ4n) is 1.48. The molecule has 110 valence electrons. The maximum absolute atomic E-state index is 11.9. The summed E-state index contributed by atoms with van der Waals surface area (Å²) in [6, 6.07) is 4.80. The van der Waals surface area contributed by atoms with Crippen molar-refractivity contribution < 1.29 is 23.8 Å². The largest absolute Gasteiger partial charge is 0.496 e. The number of esters is 1. The number of amides is 1. The summed E-state index contributed by atoms with van der Waals surface area (Å²) in [7, 11) is 2.94. The van der Waals surface area contributed by atoms with Crippen LogP contribution in [0.3, 0.4) is 0 Å². The Balaban J connectivity index is 2.57. The highest BCUT2D eigenvalue weighted by Crippen LogP contribution is 2.24. The average Bonchev–Trinajstić information content (AvgIpc) is 2.44. The molecule has 1 rings (SSSR count). The minimum absolute atomic E-state index is 0.111. The zero-order chi connectivity index (χ0) is 15.0. The molecule has 0 aromatic heterocycles. The Labute approximate surface area is 117 Å². The minimum Gasteiger partial charge on any atom is -0.496 e. The van der Waals surface area contributed by atoms with Gasteiger partial charge in [0.05, 0.1) is 13.7 Å². The Morgan fingerprint density at radius 1 is 1.30 bits per heavy atom. The van der Waals surface area contributed by atoms with Crippen LogP contribution in [0.4, 0.5) is 5.69 Å². The Kier molecular flexibility index (Phi) is 6.31. The van der Waals surface area contributed by atoms with Crippen molar-refractivity contribution in [1.29, 1.82) is 0 Å². The zero-order valence-corrected chi connectivity index (χ0v) is 11.5. The van der Waals surface area contributed by atoms with Crippen molar-refractivity contribution in [3.8, 4) is 5.75 Å². The second kappa shape index (κ2) is 8.00. The van der Waals surface area contributed by atoms with E-state index in [1.165, 1.54) is 14.2 Å². The quantitative estimate of drug-likeness (QED) is 0.421. The number of rotatable bonds is 7. The number of nitrogens with one attached hydrogen (secondary N) is 1. The summed E-state index contributed by atoms with van der Waals surface area (Å²) < 4.78 is 14.7. The van der Waals surface area contributed by atoms with Gasteiger partial charge in [0.1, 0.15) is 11.3 Å². The summed E-state index contributed by atoms with van der Waals surface area (Å²) in [5.74, 6) is -0.819. The average molecular weight is 282 g/mol. The van der Waals surface area contributed by atoms with Crippen LogP contribution in [0, 0.1) is 0 Å². The van der Waals surface area contributed by atoms with Gasteiger partial charge in [0.2, 0.25) is 0 Å². The number of nitrogen functional groups attached to an aromatic ring is 1. The number of ether oxygens (including phenoxy) is 3. The van der Waals surface area contributed by atoms with E-state index in [-0.39, 0.29) is 17.9 Å². The SMILES string of the molecule is COCCNC(=O)COC(=O)c1c(N)cccc1OC. The third-order valence-corrected chi connectivity index (χ3v) is 2.45. The van der Waals surface area contributed by atoms with Crippen LogP contribution in [0.25, 0.3) is 0 Å². The van der Waals surface area contributed by atoms with Gasteiger partial charge in [0, 0.05) is 19.3 Å². The third kappa shape index (κ3) is 4.43. The van der Waals surface area contributed by atoms with E-state index in [4.69, 9.17) is 19.9 Å². The van der Waals surface area contributed by atoms with E-state index in [1.54, 1.807) is 18.2 Å². The number of nitrogens with two attached hydrogens (primary N) is 1. The van der Waals surface area contributed by atoms with E-state index in [1.807, 2.05) is 0 Å². The number of carbonyl (C=O) groups is 2. The molecule has 0 aliphatic heterocycles. The van der Waals surface area contributed by atoms with Crippen LogP contribution in [-0.4, -0.2) is 45.9 Å². The van der Waals surface area contributed by atoms with Crippen LogP contribution < -0.4 is 15.8 Å². The van der Waals surface area contributed by atoms with Crippen molar-refractivity contribution >= 4 is 17.6 Å². The smallest absolute Gasteiger partial charge is 0.344 e. The molecule has 0 bridgehead atoms. The number of methoxy groups -OCH3 is 2. The molecule has 3 N–H and O–H groups in total. The van der Waals surface area contributed by atoms with Gasteiger partial charge >= 0.3 is 5.97 Å². The molecule has 0 radical (unpaired) electrons. The van der Waals surface area contributed by atoms with Crippen molar-refractivity contribution in [1.82, 2.24) is 5.32 Å². The van der Waals surface area contributed by atoms with Crippen LogP contribution in [0.5, 0.6) is 5.75 Å². The first-order chi connectivity index (χ1) is 9.60. The van der Waals surface area contributed by atoms with Crippen molar-refractivity contribution in [2.24, 2.45) is 0 Å². The topological polar surface area (TPSA) is 99.9 Å². The lowest BCUT2D eigenvalue weighted by Gasteiger charge is -2.11. The van der Waals surface area contributed by atoms with E-state index >= 15 is 0 Å². The molecule has 0 aliphatic rings. The van der Waals surface area contributed by atoms with E-state index < -0.39 is 11.9 Å². The second-order valence-corrected chi connectivity index (χ2v) is 3.84. The third-order valence-electron chi connectivity index (χ3n) is 2.45. The van der Waals surface area contributed by atoms with Crippen molar-refractivity contribution in [2.45, 2.75) is 0 Å². The Morgan fingerprint density at radius 2 is 2.05 bits per heavy atom. The number of hydrogen-bond donors (Lipinski definition) is 2. The van der Waals surface area contributed by atoms with Gasteiger partial charge in [-0.25, -0.2) is 4.79 Å². The highest BCUT2D eigenvalue weighted by molar-refractivity contribution is 5.99. The van der Waals surface area contributed by atoms with Gasteiger partial charge in [-0.05, 0) is 12.1 Å². The molecule has 1 aromatic carbocycles. The van der Waals surface area contributed by atoms with Gasteiger partial charge in [-0.15, -0.1) is 0 Å². The summed E-state index contributed by atoms with van der Waals surface area (Å²) in [6.45, 7) is 0.350. The van der Waals surface area contributed by atoms with Gasteiger partial charge < -0.3 is 25.3 Å². The number of benzene rings is 1. The molecule has 0 saturated carbocycles. The van der Waals surface area contributed by atoms with Crippen LogP contribution in [-0.2, 0) is 14.3 Å². The predicted molar refractivity (Wildman–Crippen MR) is 72.6 cm³/mol. The van der Waals surface area contributed by atoms with E-state index in [9.17, 15) is 9.59 Å². The summed E-state index contributed by atoms with van der Waals surface area (Å²) in [5, 5.41) is 2.53. The summed E-state index contributed by atoms with van der Waals surface area (Å²) in [6.07, 6.45) is 0. The first kappa shape index (κ1) is 15.8. The molecule has 20 heavy (non-hydrogen) atoms. The lowest BCUT2D eigenvalue weighted by Crippen LogP contribution is -2.31. The molecule has 1 aromatic rings. The van der Waals surface area contributed by atoms with Crippen molar-refractivity contribution in [2.75, 3.05) is 39.7 Å². The molecule has 0 spiro atoms. The lowest BCUT2D eigenvalue weighted by atomic mass is 10.1. The molecule has 0 unspecified atom stereocenters. The fraction of sp³-hybridized carbons (Fsp3) is 0.385. The standard InChI is InChI=1S/C13H18N2O5/c1-18-7-6-15-11(16)8-20-13(17)12-9(14)4-3-5-10(12)19-2/h3-5H,6-8,14H2,1-2H3,(H,15,16). The zero-order valence-electron chi connectivity index (χ0n) is 11.5. The monoisotopic (exact) mass is 282 g/mol. The van der Waals surface area contributed by atoms with Crippen LogP contribution in [0.15, 0.2) is 18.2 Å². The summed E-state index contributed by atoms with van der Waals surface area (Å²) in [5.41, 5.74) is 6.05. The number of hydrogen-bond acceptors (Lipinski definition) is 6. The fourth-order valence-corrected chi connectivity index (χ4v) is 1.48. The Morgan fingerprint density at radius 3 is 2.70 bits per heavy atom. The van der Waals surface area contributed by atoms with Crippen molar-refractivity contribution in [3.05, 3.63) is 23.8 Å². The van der Waals surface area contributed by atoms with Crippen LogP contribution in [0.2, 0.25) is 0 Å². The van der Waals surface area contributed by atoms with Crippen molar-refractivity contribution in [3.63, 3.8) is 0 Å². The maximum Gasteiger partial charge on any atom is 0.344 e. The van der Waals surface area contributed by atoms with Gasteiger partial charge in [-0.1, -0.05) is 6.07 Å². The first-order valence-corrected chi connectivity index (χ1v) is 5.95. The number of anilines is 1. The van der Waals surface area contributed by atoms with Gasteiger partial charge in [-0.3, -0.25) is 4.79 Å². The normalized spacial score (nSPS) is 9.90. The molecule has 0 fully saturated rings. The molecule has 0 atom stereocenters. The Hall–Kier alpha value is -2.28. The molecular formula is C13H18N2O5. The first-order valence-electron chi connectivity index (χ1n) is 5.95. The van der Waals surface area contributed by atoms with E-state index in [0.717, 1.165) is 0 Å². The van der Waals surface area contributed by atoms with E-state index in [2.05, 4.69) is 5.32 Å². The van der Waals surface area contributed by atoms with Gasteiger partial charge in [0.25, 0.3) is 5.91 Å². The highest BCUT2D eigenvalue weighted by Gasteiger charge is 2.18. The van der Waals surface area contributed by atoms with Crippen LogP contribution >= 0.6 is 0 Å². The molecular weight excluding hydrogens is 264 g/mol. The summed E-state index contributed by atoms with van der Waals surface area (Å²) in [4.78, 5) is 23.3. The molecule has 1 amide bonds. The molecule has 7 heteroatoms. The maximum atomic E-state index is 11.9. The van der Waals surface area contributed by atoms with Crippen LogP contribution in [0.1, 0.15) is 10.4 Å². The molecule has 0 heterocycles. The highest BCUT2D eigenvalue weighted by atomic mass is 16.5. The second-order valence-electron chi connectivity index (χ2n) is 3.84. The van der Waals surface area contributed by atoms with Gasteiger partial charge in [0.15, 0.2) is 6.61 Å². The minimum atomic E-state index is -0.707. The Bertz CT molecular complexity index is 476. The van der Waals surface area contributed by atoms with E-state index in [0.29, 0.717) is 18.9 Å². The summed E-state index contributed by atoms with van der Waals surface area (Å²) >= 11 is 0. The number of carbonyl (C=O) groups excluding carboxylic acids is 2.